The third-order valence-corrected chi connectivity index (χ3v) is 5.59. The Balaban J connectivity index is 1.60. The fraction of sp³-hybridized carbons (Fsp3) is 0.375. The SMILES string of the molecule is [C-]#[N+]C1(CC(=O)c2c(C)nc3c(OCc4c(F)cccc4F)cccn23)COC(C)(C)OC1. The number of hydrogen-bond donors (Lipinski definition) is 0. The molecule has 3 heterocycles. The third kappa shape index (κ3) is 4.45. The molecule has 2 aromatic heterocycles. The van der Waals surface area contributed by atoms with Crippen LogP contribution in [0.2, 0.25) is 0 Å². The Bertz CT molecular complexity index is 1230. The van der Waals surface area contributed by atoms with Crippen molar-refractivity contribution in [2.24, 2.45) is 0 Å². The van der Waals surface area contributed by atoms with Crippen LogP contribution in [0.15, 0.2) is 36.5 Å². The summed E-state index contributed by atoms with van der Waals surface area (Å²) in [5, 5.41) is 0. The van der Waals surface area contributed by atoms with E-state index in [2.05, 4.69) is 9.83 Å². The minimum absolute atomic E-state index is 0.0770. The number of carbonyl (C=O) groups is 1. The number of ether oxygens (including phenoxy) is 3. The fourth-order valence-electron chi connectivity index (χ4n) is 3.71. The maximum absolute atomic E-state index is 14.0. The molecule has 7 nitrogen and oxygen atoms in total. The van der Waals surface area contributed by atoms with E-state index in [1.807, 2.05) is 0 Å². The summed E-state index contributed by atoms with van der Waals surface area (Å²) in [7, 11) is 0. The van der Waals surface area contributed by atoms with Crippen molar-refractivity contribution in [2.75, 3.05) is 13.2 Å². The van der Waals surface area contributed by atoms with Crippen LogP contribution in [0, 0.1) is 25.1 Å². The molecule has 4 rings (SSSR count). The number of rotatable bonds is 6. The molecule has 0 radical (unpaired) electrons. The van der Waals surface area contributed by atoms with Gasteiger partial charge in [0.25, 0.3) is 5.54 Å². The molecule has 33 heavy (non-hydrogen) atoms. The smallest absolute Gasteiger partial charge is 0.285 e. The minimum atomic E-state index is -1.13. The average Bonchev–Trinajstić information content (AvgIpc) is 3.12. The molecular formula is C24H23F2N3O4. The van der Waals surface area contributed by atoms with Crippen molar-refractivity contribution < 1.29 is 27.8 Å². The van der Waals surface area contributed by atoms with Gasteiger partial charge in [0.05, 0.1) is 17.7 Å². The van der Waals surface area contributed by atoms with Crippen LogP contribution in [-0.2, 0) is 16.1 Å². The molecule has 0 atom stereocenters. The molecule has 1 aliphatic heterocycles. The number of imidazole rings is 1. The van der Waals surface area contributed by atoms with Crippen molar-refractivity contribution >= 4 is 11.4 Å². The Morgan fingerprint density at radius 2 is 1.88 bits per heavy atom. The van der Waals surface area contributed by atoms with Crippen molar-refractivity contribution in [3.8, 4) is 5.75 Å². The summed E-state index contributed by atoms with van der Waals surface area (Å²) in [6, 6.07) is 6.86. The highest BCUT2D eigenvalue weighted by Gasteiger charge is 2.48. The van der Waals surface area contributed by atoms with Gasteiger partial charge in [-0.05, 0) is 45.0 Å². The number of aryl methyl sites for hydroxylation is 1. The Labute approximate surface area is 189 Å². The highest BCUT2D eigenvalue weighted by atomic mass is 19.1. The normalized spacial score (nSPS) is 17.0. The molecule has 0 amide bonds. The summed E-state index contributed by atoms with van der Waals surface area (Å²) < 4.78 is 46.4. The second-order valence-electron chi connectivity index (χ2n) is 8.51. The van der Waals surface area contributed by atoms with Gasteiger partial charge < -0.3 is 19.1 Å². The molecule has 172 valence electrons. The van der Waals surface area contributed by atoms with Gasteiger partial charge in [-0.3, -0.25) is 9.20 Å². The van der Waals surface area contributed by atoms with Gasteiger partial charge in [0.1, 0.15) is 37.1 Å². The van der Waals surface area contributed by atoms with Gasteiger partial charge in [0.15, 0.2) is 23.0 Å². The number of ketones is 1. The molecule has 1 fully saturated rings. The highest BCUT2D eigenvalue weighted by Crippen LogP contribution is 2.31. The molecule has 0 unspecified atom stereocenters. The molecule has 0 N–H and O–H groups in total. The Morgan fingerprint density at radius 3 is 2.52 bits per heavy atom. The zero-order valence-electron chi connectivity index (χ0n) is 18.5. The van der Waals surface area contributed by atoms with Crippen LogP contribution in [0.3, 0.4) is 0 Å². The van der Waals surface area contributed by atoms with Gasteiger partial charge in [-0.1, -0.05) is 6.07 Å². The van der Waals surface area contributed by atoms with Crippen LogP contribution in [-0.4, -0.2) is 39.7 Å². The Kier molecular flexibility index (Phi) is 5.91. The van der Waals surface area contributed by atoms with Crippen LogP contribution in [0.25, 0.3) is 10.5 Å². The second-order valence-corrected chi connectivity index (χ2v) is 8.51. The second kappa shape index (κ2) is 8.54. The van der Waals surface area contributed by atoms with Crippen molar-refractivity contribution in [3.63, 3.8) is 0 Å². The molecule has 1 saturated heterocycles. The summed E-state index contributed by atoms with van der Waals surface area (Å²) in [6.45, 7) is 12.6. The molecule has 0 saturated carbocycles. The number of pyridine rings is 1. The highest BCUT2D eigenvalue weighted by molar-refractivity contribution is 5.97. The van der Waals surface area contributed by atoms with Gasteiger partial charge >= 0.3 is 0 Å². The van der Waals surface area contributed by atoms with E-state index in [9.17, 15) is 13.6 Å². The Morgan fingerprint density at radius 1 is 1.21 bits per heavy atom. The maximum atomic E-state index is 14.0. The summed E-state index contributed by atoms with van der Waals surface area (Å²) in [5.74, 6) is -2.24. The third-order valence-electron chi connectivity index (χ3n) is 5.59. The van der Waals surface area contributed by atoms with E-state index in [1.54, 1.807) is 43.5 Å². The quantitative estimate of drug-likeness (QED) is 0.404. The van der Waals surface area contributed by atoms with Crippen LogP contribution in [0.4, 0.5) is 8.78 Å². The summed E-state index contributed by atoms with van der Waals surface area (Å²) in [4.78, 5) is 21.4. The monoisotopic (exact) mass is 455 g/mol. The molecular weight excluding hydrogens is 432 g/mol. The van der Waals surface area contributed by atoms with E-state index in [0.29, 0.717) is 17.0 Å². The first-order chi connectivity index (χ1) is 15.6. The van der Waals surface area contributed by atoms with Crippen LogP contribution >= 0.6 is 0 Å². The zero-order chi connectivity index (χ0) is 23.8. The fourth-order valence-corrected chi connectivity index (χ4v) is 3.71. The minimum Gasteiger partial charge on any atom is -0.485 e. The molecule has 9 heteroatoms. The number of fused-ring (bicyclic) bond motifs is 1. The van der Waals surface area contributed by atoms with Gasteiger partial charge in [-0.2, -0.15) is 0 Å². The number of benzene rings is 1. The molecule has 0 bridgehead atoms. The lowest BCUT2D eigenvalue weighted by molar-refractivity contribution is -0.260. The first-order valence-corrected chi connectivity index (χ1v) is 10.4. The number of Topliss-reactive ketones (excluding diaryl/α,β-unsaturated/α-hetero) is 1. The van der Waals surface area contributed by atoms with E-state index in [-0.39, 0.29) is 43.3 Å². The van der Waals surface area contributed by atoms with Crippen molar-refractivity contribution in [1.29, 1.82) is 0 Å². The summed E-state index contributed by atoms with van der Waals surface area (Å²) in [6.07, 6.45) is 1.55. The molecule has 3 aromatic rings. The predicted molar refractivity (Wildman–Crippen MR) is 115 cm³/mol. The number of nitrogens with zero attached hydrogens (tertiary/aromatic N) is 3. The van der Waals surface area contributed by atoms with Gasteiger partial charge in [0, 0.05) is 6.20 Å². The van der Waals surface area contributed by atoms with Crippen molar-refractivity contribution in [3.05, 3.63) is 76.5 Å². The maximum Gasteiger partial charge on any atom is 0.285 e. The van der Waals surface area contributed by atoms with E-state index >= 15 is 0 Å². The topological polar surface area (TPSA) is 66.4 Å². The number of halogens is 2. The van der Waals surface area contributed by atoms with Crippen LogP contribution < -0.4 is 4.74 Å². The van der Waals surface area contributed by atoms with Crippen molar-refractivity contribution in [1.82, 2.24) is 9.38 Å². The number of aromatic nitrogens is 2. The van der Waals surface area contributed by atoms with Gasteiger partial charge in [-0.25, -0.2) is 20.3 Å². The van der Waals surface area contributed by atoms with E-state index in [1.165, 1.54) is 6.07 Å². The standard InChI is InChI=1S/C24H23F2N3O4/c1-15-21(19(30)11-24(27-4)13-32-23(2,3)33-14-24)29-10-6-9-20(22(29)28-15)31-12-16-17(25)7-5-8-18(16)26/h5-10H,11-14H2,1-3H3. The molecule has 0 spiro atoms. The van der Waals surface area contributed by atoms with Gasteiger partial charge in [-0.15, -0.1) is 0 Å². The lowest BCUT2D eigenvalue weighted by atomic mass is 9.92. The summed E-state index contributed by atoms with van der Waals surface area (Å²) in [5.41, 5.74) is -0.228. The van der Waals surface area contributed by atoms with E-state index in [0.717, 1.165) is 12.1 Å². The predicted octanol–water partition coefficient (Wildman–Crippen LogP) is 4.51. The first kappa shape index (κ1) is 22.8. The lowest BCUT2D eigenvalue weighted by Crippen LogP contribution is -2.50. The van der Waals surface area contributed by atoms with E-state index < -0.39 is 23.0 Å². The average molecular weight is 455 g/mol. The van der Waals surface area contributed by atoms with E-state index in [4.69, 9.17) is 20.8 Å². The number of carbonyl (C=O) groups excluding carboxylic acids is 1. The molecule has 1 aliphatic rings. The number of hydrogen-bond acceptors (Lipinski definition) is 5. The van der Waals surface area contributed by atoms with Crippen LogP contribution in [0.5, 0.6) is 5.75 Å². The molecule has 0 aliphatic carbocycles. The first-order valence-electron chi connectivity index (χ1n) is 10.4. The zero-order valence-corrected chi connectivity index (χ0v) is 18.5. The van der Waals surface area contributed by atoms with Gasteiger partial charge in [0.2, 0.25) is 0 Å². The largest absolute Gasteiger partial charge is 0.485 e. The summed E-state index contributed by atoms with van der Waals surface area (Å²) >= 11 is 0. The lowest BCUT2D eigenvalue weighted by Gasteiger charge is -2.36. The van der Waals surface area contributed by atoms with Crippen molar-refractivity contribution in [2.45, 2.75) is 45.1 Å². The Hall–Kier alpha value is -3.35. The van der Waals surface area contributed by atoms with Crippen LogP contribution in [0.1, 0.15) is 42.0 Å². The molecule has 1 aromatic carbocycles.